The molecule has 0 radical (unpaired) electrons. The highest BCUT2D eigenvalue weighted by Gasteiger charge is 2.23. The lowest BCUT2D eigenvalue weighted by Gasteiger charge is -2.34. The van der Waals surface area contributed by atoms with Gasteiger partial charge in [-0.25, -0.2) is 9.97 Å². The molecule has 1 aliphatic rings. The zero-order valence-corrected chi connectivity index (χ0v) is 14.9. The third-order valence-corrected chi connectivity index (χ3v) is 4.41. The molecule has 3 aromatic heterocycles. The zero-order valence-electron chi connectivity index (χ0n) is 14.9. The Morgan fingerprint density at radius 2 is 1.93 bits per heavy atom. The summed E-state index contributed by atoms with van der Waals surface area (Å²) in [4.78, 5) is 33.6. The van der Waals surface area contributed by atoms with Crippen LogP contribution < -0.4 is 0 Å². The minimum absolute atomic E-state index is 0.0530. The number of pyridine rings is 1. The molecular weight excluding hydrogens is 346 g/mol. The molecule has 9 heteroatoms. The molecule has 138 valence electrons. The van der Waals surface area contributed by atoms with Crippen LogP contribution in [-0.2, 0) is 6.54 Å². The summed E-state index contributed by atoms with van der Waals surface area (Å²) in [5.74, 6) is 1.74. The number of aromatic nitrogens is 5. The predicted molar refractivity (Wildman–Crippen MR) is 95.5 cm³/mol. The molecule has 1 amide bonds. The molecule has 9 nitrogen and oxygen atoms in total. The fourth-order valence-electron chi connectivity index (χ4n) is 2.98. The largest absolute Gasteiger partial charge is 0.340 e. The fraction of sp³-hybridized carbons (Fsp3) is 0.333. The van der Waals surface area contributed by atoms with Crippen molar-refractivity contribution < 1.29 is 9.32 Å². The second-order valence-electron chi connectivity index (χ2n) is 6.34. The number of amides is 1. The van der Waals surface area contributed by atoms with Crippen LogP contribution in [0.2, 0.25) is 0 Å². The maximum Gasteiger partial charge on any atom is 0.257 e. The molecule has 4 heterocycles. The fourth-order valence-corrected chi connectivity index (χ4v) is 2.98. The van der Waals surface area contributed by atoms with Crippen molar-refractivity contribution >= 4 is 5.91 Å². The van der Waals surface area contributed by atoms with Crippen molar-refractivity contribution in [2.24, 2.45) is 0 Å². The maximum absolute atomic E-state index is 12.7. The average molecular weight is 365 g/mol. The van der Waals surface area contributed by atoms with Gasteiger partial charge in [-0.2, -0.15) is 4.98 Å². The molecule has 0 aromatic carbocycles. The lowest BCUT2D eigenvalue weighted by Crippen LogP contribution is -2.48. The van der Waals surface area contributed by atoms with Crippen molar-refractivity contribution in [3.8, 4) is 11.4 Å². The van der Waals surface area contributed by atoms with E-state index in [0.717, 1.165) is 18.7 Å². The Hall–Kier alpha value is -3.20. The standard InChI is InChI=1S/C18H19N7O2/c1-13-22-16(23-27-13)12-24-5-7-25(8-6-24)18(26)15-10-20-17(21-11-15)14-3-2-4-19-9-14/h2-4,9-11H,5-8,12H2,1H3. The van der Waals surface area contributed by atoms with Crippen molar-refractivity contribution in [2.75, 3.05) is 26.2 Å². The number of rotatable bonds is 4. The molecule has 0 unspecified atom stereocenters. The topological polar surface area (TPSA) is 101 Å². The minimum atomic E-state index is -0.0530. The molecule has 1 aliphatic heterocycles. The number of piperazine rings is 1. The highest BCUT2D eigenvalue weighted by Crippen LogP contribution is 2.14. The van der Waals surface area contributed by atoms with Gasteiger partial charge in [0.2, 0.25) is 5.89 Å². The summed E-state index contributed by atoms with van der Waals surface area (Å²) < 4.78 is 4.99. The van der Waals surface area contributed by atoms with Crippen LogP contribution in [0.1, 0.15) is 22.1 Å². The molecule has 0 aliphatic carbocycles. The maximum atomic E-state index is 12.7. The van der Waals surface area contributed by atoms with Gasteiger partial charge in [-0.05, 0) is 12.1 Å². The highest BCUT2D eigenvalue weighted by atomic mass is 16.5. The third kappa shape index (κ3) is 3.98. The lowest BCUT2D eigenvalue weighted by atomic mass is 10.2. The van der Waals surface area contributed by atoms with Crippen LogP contribution in [0, 0.1) is 6.92 Å². The number of hydrogen-bond acceptors (Lipinski definition) is 8. The summed E-state index contributed by atoms with van der Waals surface area (Å²) in [6, 6.07) is 3.71. The summed E-state index contributed by atoms with van der Waals surface area (Å²) in [6.45, 7) is 5.19. The first-order valence-electron chi connectivity index (χ1n) is 8.72. The van der Waals surface area contributed by atoms with Crippen molar-refractivity contribution in [3.63, 3.8) is 0 Å². The summed E-state index contributed by atoms with van der Waals surface area (Å²) in [7, 11) is 0. The average Bonchev–Trinajstić information content (AvgIpc) is 3.13. The van der Waals surface area contributed by atoms with Gasteiger partial charge < -0.3 is 9.42 Å². The van der Waals surface area contributed by atoms with Crippen LogP contribution in [0.5, 0.6) is 0 Å². The molecule has 1 saturated heterocycles. The Kier molecular flexibility index (Phi) is 4.84. The predicted octanol–water partition coefficient (Wildman–Crippen LogP) is 1.19. The van der Waals surface area contributed by atoms with E-state index < -0.39 is 0 Å². The number of aryl methyl sites for hydroxylation is 1. The third-order valence-electron chi connectivity index (χ3n) is 4.41. The zero-order chi connectivity index (χ0) is 18.6. The number of nitrogens with zero attached hydrogens (tertiary/aromatic N) is 7. The van der Waals surface area contributed by atoms with Crippen molar-refractivity contribution in [1.82, 2.24) is 34.9 Å². The number of hydrogen-bond donors (Lipinski definition) is 0. The van der Waals surface area contributed by atoms with E-state index in [9.17, 15) is 4.79 Å². The monoisotopic (exact) mass is 365 g/mol. The SMILES string of the molecule is Cc1nc(CN2CCN(C(=O)c3cnc(-c4cccnc4)nc3)CC2)no1. The van der Waals surface area contributed by atoms with E-state index in [1.54, 1.807) is 31.7 Å². The molecule has 27 heavy (non-hydrogen) atoms. The first-order valence-corrected chi connectivity index (χ1v) is 8.72. The second kappa shape index (κ2) is 7.58. The molecule has 0 spiro atoms. The van der Waals surface area contributed by atoms with Gasteiger partial charge in [0.05, 0.1) is 12.1 Å². The van der Waals surface area contributed by atoms with Gasteiger partial charge in [-0.3, -0.25) is 14.7 Å². The van der Waals surface area contributed by atoms with Gasteiger partial charge in [0.25, 0.3) is 5.91 Å². The first-order chi connectivity index (χ1) is 13.2. The van der Waals surface area contributed by atoms with Crippen LogP contribution >= 0.6 is 0 Å². The molecule has 0 N–H and O–H groups in total. The number of carbonyl (C=O) groups is 1. The van der Waals surface area contributed by atoms with Crippen molar-refractivity contribution in [2.45, 2.75) is 13.5 Å². The lowest BCUT2D eigenvalue weighted by molar-refractivity contribution is 0.0623. The van der Waals surface area contributed by atoms with E-state index >= 15 is 0 Å². The van der Waals surface area contributed by atoms with E-state index in [4.69, 9.17) is 4.52 Å². The van der Waals surface area contributed by atoms with Crippen molar-refractivity contribution in [3.05, 3.63) is 54.2 Å². The van der Waals surface area contributed by atoms with E-state index in [1.165, 1.54) is 0 Å². The van der Waals surface area contributed by atoms with E-state index in [-0.39, 0.29) is 5.91 Å². The molecule has 1 fully saturated rings. The van der Waals surface area contributed by atoms with E-state index in [2.05, 4.69) is 30.0 Å². The van der Waals surface area contributed by atoms with E-state index in [0.29, 0.717) is 42.7 Å². The van der Waals surface area contributed by atoms with Crippen LogP contribution in [0.3, 0.4) is 0 Å². The van der Waals surface area contributed by atoms with Gasteiger partial charge in [-0.1, -0.05) is 5.16 Å². The second-order valence-corrected chi connectivity index (χ2v) is 6.34. The summed E-state index contributed by atoms with van der Waals surface area (Å²) in [5, 5.41) is 3.92. The van der Waals surface area contributed by atoms with Gasteiger partial charge in [0.15, 0.2) is 11.6 Å². The van der Waals surface area contributed by atoms with Crippen LogP contribution in [0.15, 0.2) is 41.4 Å². The number of carbonyl (C=O) groups excluding carboxylic acids is 1. The Morgan fingerprint density at radius 1 is 1.15 bits per heavy atom. The van der Waals surface area contributed by atoms with Gasteiger partial charge in [0.1, 0.15) is 0 Å². The first kappa shape index (κ1) is 17.2. The van der Waals surface area contributed by atoms with Crippen LogP contribution in [0.4, 0.5) is 0 Å². The molecular formula is C18H19N7O2. The minimum Gasteiger partial charge on any atom is -0.340 e. The van der Waals surface area contributed by atoms with Crippen LogP contribution in [-0.4, -0.2) is 67.0 Å². The summed E-state index contributed by atoms with van der Waals surface area (Å²) in [5.41, 5.74) is 1.31. The summed E-state index contributed by atoms with van der Waals surface area (Å²) >= 11 is 0. The van der Waals surface area contributed by atoms with Gasteiger partial charge >= 0.3 is 0 Å². The Bertz CT molecular complexity index is 903. The van der Waals surface area contributed by atoms with E-state index in [1.807, 2.05) is 17.0 Å². The molecule has 0 bridgehead atoms. The smallest absolute Gasteiger partial charge is 0.257 e. The van der Waals surface area contributed by atoms with Crippen LogP contribution in [0.25, 0.3) is 11.4 Å². The Morgan fingerprint density at radius 3 is 2.56 bits per heavy atom. The normalized spacial score (nSPS) is 15.1. The Labute approximate surface area is 156 Å². The molecule has 3 aromatic rings. The quantitative estimate of drug-likeness (QED) is 0.679. The van der Waals surface area contributed by atoms with Crippen molar-refractivity contribution in [1.29, 1.82) is 0 Å². The molecule has 0 saturated carbocycles. The molecule has 0 atom stereocenters. The van der Waals surface area contributed by atoms with Gasteiger partial charge in [-0.15, -0.1) is 0 Å². The Balaban J connectivity index is 1.35. The molecule has 4 rings (SSSR count). The summed E-state index contributed by atoms with van der Waals surface area (Å²) in [6.07, 6.45) is 6.54. The van der Waals surface area contributed by atoms with Gasteiger partial charge in [0, 0.05) is 63.5 Å². The highest BCUT2D eigenvalue weighted by molar-refractivity contribution is 5.93.